The van der Waals surface area contributed by atoms with E-state index in [0.29, 0.717) is 16.9 Å². The smallest absolute Gasteiger partial charge is 0.478 e. The fraction of sp³-hybridized carbons (Fsp3) is 0.333. The van der Waals surface area contributed by atoms with E-state index >= 15 is 0 Å². The van der Waals surface area contributed by atoms with E-state index in [2.05, 4.69) is 25.6 Å². The summed E-state index contributed by atoms with van der Waals surface area (Å²) in [5.74, 6) is -0.505. The maximum absolute atomic E-state index is 12.5. The molecule has 5 aromatic rings. The first-order chi connectivity index (χ1) is 21.9. The van der Waals surface area contributed by atoms with E-state index in [1.807, 2.05) is 48.5 Å². The van der Waals surface area contributed by atoms with Crippen LogP contribution in [0.25, 0.3) is 33.5 Å². The number of carboxylic acid groups (broad SMARTS) is 1. The minimum atomic E-state index is -1.07. The molecule has 0 saturated heterocycles. The number of rotatable bonds is 10. The lowest BCUT2D eigenvalue weighted by atomic mass is 9.98. The van der Waals surface area contributed by atoms with Crippen LogP contribution in [0.2, 0.25) is 0 Å². The molecule has 2 atom stereocenters. The maximum Gasteiger partial charge on any atom is 0.508 e. The average molecular weight is 611 g/mol. The summed E-state index contributed by atoms with van der Waals surface area (Å²) in [7, 11) is 0. The highest BCUT2D eigenvalue weighted by Gasteiger charge is 2.26. The van der Waals surface area contributed by atoms with Crippen LogP contribution in [-0.2, 0) is 16.0 Å². The number of nitrogens with zero attached hydrogens (tertiary/aromatic N) is 5. The highest BCUT2D eigenvalue weighted by molar-refractivity contribution is 6.01. The number of hydrogen-bond donors (Lipinski definition) is 2. The monoisotopic (exact) mass is 610 g/mol. The minimum Gasteiger partial charge on any atom is -0.478 e. The van der Waals surface area contributed by atoms with Crippen molar-refractivity contribution in [3.63, 3.8) is 0 Å². The topological polar surface area (TPSA) is 154 Å². The van der Waals surface area contributed by atoms with E-state index in [9.17, 15) is 14.7 Å². The zero-order valence-electron chi connectivity index (χ0n) is 25.1. The Bertz CT molecular complexity index is 1780. The summed E-state index contributed by atoms with van der Waals surface area (Å²) in [6, 6.07) is 20.9. The summed E-state index contributed by atoms with van der Waals surface area (Å²) < 4.78 is 19.0. The number of tetrazole rings is 1. The first-order valence-electron chi connectivity index (χ1n) is 15.1. The molecule has 1 aliphatic carbocycles. The summed E-state index contributed by atoms with van der Waals surface area (Å²) in [6.07, 6.45) is 2.84. The van der Waals surface area contributed by atoms with Gasteiger partial charge in [-0.25, -0.2) is 14.7 Å². The SMILES string of the molecule is CC(OC(=O)OC1CCCCC1)C(C)Oc1nc2cccc(C(=O)O)c2n1Cc1ccc(-c2ccccc2-c2nnn[nH]2)cc1. The van der Waals surface area contributed by atoms with Gasteiger partial charge in [0.25, 0.3) is 6.01 Å². The van der Waals surface area contributed by atoms with Gasteiger partial charge >= 0.3 is 12.1 Å². The highest BCUT2D eigenvalue weighted by atomic mass is 16.7. The molecule has 45 heavy (non-hydrogen) atoms. The molecule has 1 aliphatic rings. The molecule has 232 valence electrons. The van der Waals surface area contributed by atoms with Gasteiger partial charge in [0.05, 0.1) is 23.1 Å². The van der Waals surface area contributed by atoms with Gasteiger partial charge < -0.3 is 19.3 Å². The number of aromatic carboxylic acids is 1. The van der Waals surface area contributed by atoms with Gasteiger partial charge in [-0.2, -0.15) is 4.98 Å². The third-order valence-corrected chi connectivity index (χ3v) is 8.14. The van der Waals surface area contributed by atoms with Crippen molar-refractivity contribution in [2.75, 3.05) is 0 Å². The summed E-state index contributed by atoms with van der Waals surface area (Å²) in [5.41, 5.74) is 4.70. The zero-order valence-corrected chi connectivity index (χ0v) is 25.1. The van der Waals surface area contributed by atoms with Gasteiger partial charge in [-0.3, -0.25) is 4.57 Å². The molecule has 2 heterocycles. The van der Waals surface area contributed by atoms with Crippen LogP contribution in [0.1, 0.15) is 61.9 Å². The predicted octanol–water partition coefficient (Wildman–Crippen LogP) is 6.27. The molecule has 12 heteroatoms. The normalized spacial score (nSPS) is 15.0. The molecule has 1 saturated carbocycles. The van der Waals surface area contributed by atoms with Gasteiger partial charge in [0.2, 0.25) is 0 Å². The fourth-order valence-corrected chi connectivity index (χ4v) is 5.62. The highest BCUT2D eigenvalue weighted by Crippen LogP contribution is 2.31. The molecule has 6 rings (SSSR count). The van der Waals surface area contributed by atoms with Crippen molar-refractivity contribution in [2.45, 2.75) is 70.8 Å². The molecule has 0 amide bonds. The number of ether oxygens (including phenoxy) is 3. The van der Waals surface area contributed by atoms with Crippen molar-refractivity contribution in [3.05, 3.63) is 77.9 Å². The number of carbonyl (C=O) groups excluding carboxylic acids is 1. The van der Waals surface area contributed by atoms with Crippen LogP contribution in [0.4, 0.5) is 4.79 Å². The standard InChI is InChI=1S/C33H34N6O6/c1-20(21(2)44-33(42)45-24-9-4-3-5-10-24)43-32-34-28-14-8-13-27(31(40)41)29(28)39(32)19-22-15-17-23(18-16-22)25-11-6-7-12-26(25)30-35-37-38-36-30/h6-8,11-18,20-21,24H,3-5,9-10,19H2,1-2H3,(H,40,41)(H,35,36,37,38). The molecule has 0 bridgehead atoms. The minimum absolute atomic E-state index is 0.106. The second-order valence-corrected chi connectivity index (χ2v) is 11.2. The Kier molecular flexibility index (Phi) is 8.72. The van der Waals surface area contributed by atoms with Crippen LogP contribution in [0.5, 0.6) is 6.01 Å². The van der Waals surface area contributed by atoms with Crippen LogP contribution >= 0.6 is 0 Å². The van der Waals surface area contributed by atoms with Gasteiger partial charge in [0, 0.05) is 5.56 Å². The molecule has 0 aliphatic heterocycles. The summed E-state index contributed by atoms with van der Waals surface area (Å²) in [6.45, 7) is 3.79. The number of benzene rings is 3. The van der Waals surface area contributed by atoms with Gasteiger partial charge in [-0.05, 0) is 78.8 Å². The second kappa shape index (κ2) is 13.2. The summed E-state index contributed by atoms with van der Waals surface area (Å²) in [4.78, 5) is 29.3. The van der Waals surface area contributed by atoms with Crippen LogP contribution in [-0.4, -0.2) is 65.7 Å². The van der Waals surface area contributed by atoms with Gasteiger partial charge in [0.1, 0.15) is 18.3 Å². The first-order valence-corrected chi connectivity index (χ1v) is 15.1. The number of carboxylic acids is 1. The number of aromatic nitrogens is 6. The Morgan fingerprint density at radius 3 is 2.42 bits per heavy atom. The molecule has 2 aromatic heterocycles. The lowest BCUT2D eigenvalue weighted by Gasteiger charge is -2.25. The van der Waals surface area contributed by atoms with E-state index in [4.69, 9.17) is 14.2 Å². The quantitative estimate of drug-likeness (QED) is 0.173. The third-order valence-electron chi connectivity index (χ3n) is 8.14. The number of H-pyrrole nitrogens is 1. The number of imidazole rings is 1. The molecular formula is C33H34N6O6. The van der Waals surface area contributed by atoms with E-state index in [0.717, 1.165) is 54.4 Å². The molecule has 2 N–H and O–H groups in total. The third kappa shape index (κ3) is 6.64. The number of hydrogen-bond acceptors (Lipinski definition) is 9. The van der Waals surface area contributed by atoms with Crippen LogP contribution in [0.3, 0.4) is 0 Å². The number of carbonyl (C=O) groups is 2. The molecule has 2 unspecified atom stereocenters. The zero-order chi connectivity index (χ0) is 31.3. The van der Waals surface area contributed by atoms with E-state index < -0.39 is 24.3 Å². The van der Waals surface area contributed by atoms with Crippen molar-refractivity contribution in [2.24, 2.45) is 0 Å². The number of para-hydroxylation sites is 1. The molecule has 0 radical (unpaired) electrons. The largest absolute Gasteiger partial charge is 0.508 e. The summed E-state index contributed by atoms with van der Waals surface area (Å²) in [5, 5.41) is 24.2. The fourth-order valence-electron chi connectivity index (χ4n) is 5.62. The van der Waals surface area contributed by atoms with Gasteiger partial charge in [0.15, 0.2) is 5.82 Å². The van der Waals surface area contributed by atoms with Crippen molar-refractivity contribution < 1.29 is 28.9 Å². The molecule has 12 nitrogen and oxygen atoms in total. The van der Waals surface area contributed by atoms with Gasteiger partial charge in [-0.15, -0.1) is 5.10 Å². The lowest BCUT2D eigenvalue weighted by molar-refractivity contribution is -0.0345. The van der Waals surface area contributed by atoms with Crippen LogP contribution in [0, 0.1) is 0 Å². The van der Waals surface area contributed by atoms with Crippen LogP contribution in [0.15, 0.2) is 66.7 Å². The summed E-state index contributed by atoms with van der Waals surface area (Å²) >= 11 is 0. The molecule has 3 aromatic carbocycles. The Hall–Kier alpha value is -5.26. The van der Waals surface area contributed by atoms with E-state index in [-0.39, 0.29) is 24.2 Å². The predicted molar refractivity (Wildman–Crippen MR) is 165 cm³/mol. The molecule has 0 spiro atoms. The lowest BCUT2D eigenvalue weighted by Crippen LogP contribution is -2.33. The number of aromatic amines is 1. The van der Waals surface area contributed by atoms with Gasteiger partial charge in [-0.1, -0.05) is 61.0 Å². The number of fused-ring (bicyclic) bond motifs is 1. The first kappa shape index (κ1) is 29.8. The Morgan fingerprint density at radius 2 is 1.71 bits per heavy atom. The maximum atomic E-state index is 12.5. The molecule has 1 fully saturated rings. The Balaban J connectivity index is 1.25. The molecular weight excluding hydrogens is 576 g/mol. The van der Waals surface area contributed by atoms with Crippen molar-refractivity contribution in [3.8, 4) is 28.5 Å². The van der Waals surface area contributed by atoms with Crippen LogP contribution < -0.4 is 4.74 Å². The average Bonchev–Trinajstić information content (AvgIpc) is 3.70. The van der Waals surface area contributed by atoms with Crippen molar-refractivity contribution in [1.82, 2.24) is 30.2 Å². The Labute approximate surface area is 259 Å². The second-order valence-electron chi connectivity index (χ2n) is 11.2. The number of nitrogens with one attached hydrogen (secondary N) is 1. The Morgan fingerprint density at radius 1 is 0.956 bits per heavy atom. The van der Waals surface area contributed by atoms with E-state index in [1.165, 1.54) is 0 Å². The van der Waals surface area contributed by atoms with Crippen molar-refractivity contribution >= 4 is 23.2 Å². The van der Waals surface area contributed by atoms with Crippen molar-refractivity contribution in [1.29, 1.82) is 0 Å². The van der Waals surface area contributed by atoms with E-state index in [1.54, 1.807) is 36.6 Å².